The van der Waals surface area contributed by atoms with Gasteiger partial charge in [0.05, 0.1) is 6.61 Å². The summed E-state index contributed by atoms with van der Waals surface area (Å²) in [5, 5.41) is 0.451. The van der Waals surface area contributed by atoms with Gasteiger partial charge in [0.2, 0.25) is 0 Å². The Morgan fingerprint density at radius 1 is 1.29 bits per heavy atom. The minimum atomic E-state index is -0.412. The number of hydrogen-bond donors (Lipinski definition) is 1. The summed E-state index contributed by atoms with van der Waals surface area (Å²) >= 11 is 1.38. The predicted octanol–water partition coefficient (Wildman–Crippen LogP) is 4.27. The minimum absolute atomic E-state index is 0.310. The molecule has 1 aromatic heterocycles. The fourth-order valence-corrected chi connectivity index (χ4v) is 3.16. The van der Waals surface area contributed by atoms with Crippen molar-refractivity contribution in [3.05, 3.63) is 40.5 Å². The molecule has 0 aliphatic carbocycles. The molecule has 21 heavy (non-hydrogen) atoms. The highest BCUT2D eigenvalue weighted by atomic mass is 32.1. The fourth-order valence-electron chi connectivity index (χ4n) is 2.14. The highest BCUT2D eigenvalue weighted by Gasteiger charge is 2.23. The molecule has 0 unspecified atom stereocenters. The third-order valence-electron chi connectivity index (χ3n) is 3.10. The molecule has 5 heteroatoms. The largest absolute Gasteiger partial charge is 0.462 e. The maximum Gasteiger partial charge on any atom is 0.341 e. The first-order valence-electron chi connectivity index (χ1n) is 6.92. The van der Waals surface area contributed by atoms with E-state index in [1.807, 2.05) is 13.8 Å². The summed E-state index contributed by atoms with van der Waals surface area (Å²) in [5.41, 5.74) is 7.95. The molecule has 2 N–H and O–H groups in total. The zero-order chi connectivity index (χ0) is 15.4. The SMILES string of the molecule is CCCOC(=O)c1c(N)sc(CC)c1-c1ccc(F)cc1. The van der Waals surface area contributed by atoms with Gasteiger partial charge < -0.3 is 10.5 Å². The van der Waals surface area contributed by atoms with E-state index < -0.39 is 5.97 Å². The highest BCUT2D eigenvalue weighted by Crippen LogP contribution is 2.39. The number of benzene rings is 1. The maximum atomic E-state index is 13.1. The van der Waals surface area contributed by atoms with Crippen molar-refractivity contribution >= 4 is 22.3 Å². The van der Waals surface area contributed by atoms with Gasteiger partial charge in [-0.2, -0.15) is 0 Å². The quantitative estimate of drug-likeness (QED) is 0.839. The lowest BCUT2D eigenvalue weighted by atomic mass is 10.00. The van der Waals surface area contributed by atoms with Crippen LogP contribution in [-0.2, 0) is 11.2 Å². The van der Waals surface area contributed by atoms with Gasteiger partial charge in [-0.25, -0.2) is 9.18 Å². The standard InChI is InChI=1S/C16H18FNO2S/c1-3-9-20-16(19)14-13(12(4-2)21-15(14)18)10-5-7-11(17)8-6-10/h5-8H,3-4,9,18H2,1-2H3. The molecule has 0 atom stereocenters. The highest BCUT2D eigenvalue weighted by molar-refractivity contribution is 7.17. The summed E-state index contributed by atoms with van der Waals surface area (Å²) in [6.45, 7) is 4.29. The van der Waals surface area contributed by atoms with Crippen LogP contribution in [0.4, 0.5) is 9.39 Å². The second-order valence-electron chi connectivity index (χ2n) is 4.64. The van der Waals surface area contributed by atoms with Crippen LogP contribution in [0.1, 0.15) is 35.5 Å². The summed E-state index contributed by atoms with van der Waals surface area (Å²) in [5.74, 6) is -0.722. The summed E-state index contributed by atoms with van der Waals surface area (Å²) in [4.78, 5) is 13.2. The first-order chi connectivity index (χ1) is 10.1. The van der Waals surface area contributed by atoms with E-state index in [0.717, 1.165) is 28.8 Å². The zero-order valence-electron chi connectivity index (χ0n) is 12.1. The van der Waals surface area contributed by atoms with Gasteiger partial charge in [0.1, 0.15) is 16.4 Å². The van der Waals surface area contributed by atoms with E-state index in [4.69, 9.17) is 10.5 Å². The van der Waals surface area contributed by atoms with Crippen molar-refractivity contribution in [1.29, 1.82) is 0 Å². The van der Waals surface area contributed by atoms with Gasteiger partial charge >= 0.3 is 5.97 Å². The predicted molar refractivity (Wildman–Crippen MR) is 84.1 cm³/mol. The summed E-state index contributed by atoms with van der Waals surface area (Å²) < 4.78 is 18.3. The number of ether oxygens (including phenoxy) is 1. The normalized spacial score (nSPS) is 10.6. The Morgan fingerprint density at radius 3 is 2.52 bits per heavy atom. The minimum Gasteiger partial charge on any atom is -0.462 e. The molecule has 1 aromatic carbocycles. The molecular formula is C16H18FNO2S. The molecule has 2 rings (SSSR count). The molecule has 0 aliphatic rings. The van der Waals surface area contributed by atoms with E-state index in [2.05, 4.69) is 0 Å². The van der Waals surface area contributed by atoms with Crippen molar-refractivity contribution in [2.45, 2.75) is 26.7 Å². The number of nitrogens with two attached hydrogens (primary N) is 1. The zero-order valence-corrected chi connectivity index (χ0v) is 12.9. The average Bonchev–Trinajstić information content (AvgIpc) is 2.82. The van der Waals surface area contributed by atoms with Gasteiger partial charge in [-0.1, -0.05) is 26.0 Å². The number of carbonyl (C=O) groups excluding carboxylic acids is 1. The van der Waals surface area contributed by atoms with E-state index in [9.17, 15) is 9.18 Å². The number of esters is 1. The second-order valence-corrected chi connectivity index (χ2v) is 5.77. The van der Waals surface area contributed by atoms with Crippen LogP contribution in [0.15, 0.2) is 24.3 Å². The number of hydrogen-bond acceptors (Lipinski definition) is 4. The number of thiophene rings is 1. The molecule has 0 saturated heterocycles. The third-order valence-corrected chi connectivity index (χ3v) is 4.27. The number of rotatable bonds is 5. The monoisotopic (exact) mass is 307 g/mol. The average molecular weight is 307 g/mol. The topological polar surface area (TPSA) is 52.3 Å². The Hall–Kier alpha value is -1.88. The summed E-state index contributed by atoms with van der Waals surface area (Å²) in [7, 11) is 0. The Balaban J connectivity index is 2.52. The lowest BCUT2D eigenvalue weighted by molar-refractivity contribution is 0.0507. The van der Waals surface area contributed by atoms with Crippen molar-refractivity contribution in [2.75, 3.05) is 12.3 Å². The van der Waals surface area contributed by atoms with Gasteiger partial charge in [-0.15, -0.1) is 11.3 Å². The van der Waals surface area contributed by atoms with Gasteiger partial charge in [0.25, 0.3) is 0 Å². The number of anilines is 1. The molecule has 0 aliphatic heterocycles. The van der Waals surface area contributed by atoms with Crippen LogP contribution >= 0.6 is 11.3 Å². The second kappa shape index (κ2) is 6.72. The van der Waals surface area contributed by atoms with Gasteiger partial charge in [-0.05, 0) is 30.5 Å². The Labute approximate surface area is 127 Å². The number of nitrogen functional groups attached to an aromatic ring is 1. The number of carbonyl (C=O) groups is 1. The van der Waals surface area contributed by atoms with E-state index in [0.29, 0.717) is 17.2 Å². The number of aryl methyl sites for hydroxylation is 1. The molecule has 2 aromatic rings. The van der Waals surface area contributed by atoms with Crippen molar-refractivity contribution in [1.82, 2.24) is 0 Å². The van der Waals surface area contributed by atoms with E-state index in [1.54, 1.807) is 12.1 Å². The molecule has 112 valence electrons. The maximum absolute atomic E-state index is 13.1. The van der Waals surface area contributed by atoms with Crippen molar-refractivity contribution in [3.8, 4) is 11.1 Å². The molecule has 0 radical (unpaired) electrons. The Kier molecular flexibility index (Phi) is 4.96. The molecular weight excluding hydrogens is 289 g/mol. The van der Waals surface area contributed by atoms with E-state index >= 15 is 0 Å². The van der Waals surface area contributed by atoms with Gasteiger partial charge in [0.15, 0.2) is 0 Å². The Bertz CT molecular complexity index is 634. The van der Waals surface area contributed by atoms with Crippen LogP contribution in [0.2, 0.25) is 0 Å². The van der Waals surface area contributed by atoms with E-state index in [-0.39, 0.29) is 5.82 Å². The van der Waals surface area contributed by atoms with Crippen LogP contribution in [0.5, 0.6) is 0 Å². The van der Waals surface area contributed by atoms with Crippen molar-refractivity contribution in [2.24, 2.45) is 0 Å². The van der Waals surface area contributed by atoms with E-state index in [1.165, 1.54) is 23.5 Å². The fraction of sp³-hybridized carbons (Fsp3) is 0.312. The third kappa shape index (κ3) is 3.24. The molecule has 0 spiro atoms. The van der Waals surface area contributed by atoms with Crippen molar-refractivity contribution in [3.63, 3.8) is 0 Å². The lowest BCUT2D eigenvalue weighted by Crippen LogP contribution is -2.08. The van der Waals surface area contributed by atoms with Crippen LogP contribution in [-0.4, -0.2) is 12.6 Å². The molecule has 1 heterocycles. The molecule has 3 nitrogen and oxygen atoms in total. The number of halogens is 1. The lowest BCUT2D eigenvalue weighted by Gasteiger charge is -2.08. The molecule has 0 amide bonds. The first-order valence-corrected chi connectivity index (χ1v) is 7.74. The van der Waals surface area contributed by atoms with Crippen LogP contribution in [0.25, 0.3) is 11.1 Å². The van der Waals surface area contributed by atoms with Crippen LogP contribution in [0, 0.1) is 5.82 Å². The summed E-state index contributed by atoms with van der Waals surface area (Å²) in [6.07, 6.45) is 1.50. The first kappa shape index (κ1) is 15.5. The van der Waals surface area contributed by atoms with Gasteiger partial charge in [0, 0.05) is 10.4 Å². The van der Waals surface area contributed by atoms with Crippen LogP contribution < -0.4 is 5.73 Å². The van der Waals surface area contributed by atoms with Crippen molar-refractivity contribution < 1.29 is 13.9 Å². The summed E-state index contributed by atoms with van der Waals surface area (Å²) in [6, 6.07) is 6.08. The molecule has 0 fully saturated rings. The van der Waals surface area contributed by atoms with Gasteiger partial charge in [-0.3, -0.25) is 0 Å². The molecule has 0 bridgehead atoms. The van der Waals surface area contributed by atoms with Crippen LogP contribution in [0.3, 0.4) is 0 Å². The Morgan fingerprint density at radius 2 is 1.95 bits per heavy atom. The molecule has 0 saturated carbocycles. The smallest absolute Gasteiger partial charge is 0.341 e.